The maximum absolute atomic E-state index is 12.4. The number of rotatable bonds is 6. The van der Waals surface area contributed by atoms with Crippen LogP contribution in [-0.2, 0) is 4.79 Å². The Hall–Kier alpha value is -2.74. The molecule has 2 aromatic rings. The molecule has 0 saturated carbocycles. The number of thioether (sulfide) groups is 1. The number of carbonyl (C=O) groups excluding carboxylic acids is 2. The van der Waals surface area contributed by atoms with Gasteiger partial charge in [-0.15, -0.1) is 0 Å². The third kappa shape index (κ3) is 4.33. The van der Waals surface area contributed by atoms with Crippen LogP contribution in [0.5, 0.6) is 11.5 Å². The van der Waals surface area contributed by atoms with E-state index in [-0.39, 0.29) is 24.5 Å². The van der Waals surface area contributed by atoms with Crippen molar-refractivity contribution in [1.82, 2.24) is 10.3 Å². The molecule has 3 rings (SSSR count). The lowest BCUT2D eigenvalue weighted by Crippen LogP contribution is -2.28. The lowest BCUT2D eigenvalue weighted by atomic mass is 10.1. The van der Waals surface area contributed by atoms with Gasteiger partial charge in [-0.2, -0.15) is 0 Å². The van der Waals surface area contributed by atoms with Gasteiger partial charge in [0, 0.05) is 5.69 Å². The number of benzene rings is 1. The Morgan fingerprint density at radius 2 is 2.00 bits per heavy atom. The minimum atomic E-state index is -0.545. The van der Waals surface area contributed by atoms with Crippen LogP contribution in [0.2, 0.25) is 0 Å². The number of carbonyl (C=O) groups is 2. The van der Waals surface area contributed by atoms with E-state index in [1.165, 1.54) is 11.8 Å². The van der Waals surface area contributed by atoms with E-state index < -0.39 is 5.91 Å². The molecular weight excluding hydrogens is 366 g/mol. The van der Waals surface area contributed by atoms with Crippen molar-refractivity contribution in [2.45, 2.75) is 31.8 Å². The van der Waals surface area contributed by atoms with Gasteiger partial charge in [0.1, 0.15) is 5.03 Å². The van der Waals surface area contributed by atoms with E-state index in [9.17, 15) is 9.59 Å². The number of hydrogen-bond acceptors (Lipinski definition) is 6. The van der Waals surface area contributed by atoms with Crippen LogP contribution < -0.4 is 20.5 Å². The summed E-state index contributed by atoms with van der Waals surface area (Å²) in [6, 6.07) is 7.18. The van der Waals surface area contributed by atoms with Crippen LogP contribution in [0.25, 0.3) is 0 Å². The van der Waals surface area contributed by atoms with Gasteiger partial charge in [-0.1, -0.05) is 17.8 Å². The Morgan fingerprint density at radius 3 is 2.74 bits per heavy atom. The quantitative estimate of drug-likeness (QED) is 0.738. The highest BCUT2D eigenvalue weighted by molar-refractivity contribution is 8.00. The molecule has 2 heterocycles. The molecule has 142 valence electrons. The number of aromatic nitrogens is 1. The van der Waals surface area contributed by atoms with Crippen molar-refractivity contribution in [2.24, 2.45) is 5.73 Å². The SMILES string of the molecule is Cc1cc(C)c(C(N)=O)c(SCC(=O)N[C@H](C)c2ccc3c(c2)OCO3)n1. The number of ether oxygens (including phenoxy) is 2. The van der Waals surface area contributed by atoms with E-state index in [1.54, 1.807) is 13.0 Å². The summed E-state index contributed by atoms with van der Waals surface area (Å²) in [6.07, 6.45) is 0. The van der Waals surface area contributed by atoms with Crippen LogP contribution in [-0.4, -0.2) is 29.3 Å². The Bertz CT molecular complexity index is 901. The highest BCUT2D eigenvalue weighted by Crippen LogP contribution is 2.34. The maximum Gasteiger partial charge on any atom is 0.251 e. The highest BCUT2D eigenvalue weighted by atomic mass is 32.2. The second-order valence-electron chi connectivity index (χ2n) is 6.32. The predicted molar refractivity (Wildman–Crippen MR) is 102 cm³/mol. The third-order valence-corrected chi connectivity index (χ3v) is 5.15. The smallest absolute Gasteiger partial charge is 0.251 e. The summed E-state index contributed by atoms with van der Waals surface area (Å²) >= 11 is 1.20. The molecule has 0 bridgehead atoms. The average molecular weight is 387 g/mol. The van der Waals surface area contributed by atoms with Gasteiger partial charge in [0.25, 0.3) is 5.91 Å². The van der Waals surface area contributed by atoms with Gasteiger partial charge in [0.2, 0.25) is 12.7 Å². The summed E-state index contributed by atoms with van der Waals surface area (Å²) in [4.78, 5) is 28.4. The van der Waals surface area contributed by atoms with Crippen LogP contribution in [0.1, 0.15) is 40.1 Å². The minimum absolute atomic E-state index is 0.130. The standard InChI is InChI=1S/C19H21N3O4S/c1-10-6-11(2)21-19(17(10)18(20)24)27-8-16(23)22-12(3)13-4-5-14-15(7-13)26-9-25-14/h4-7,12H,8-9H2,1-3H3,(H2,20,24)(H,22,23)/t12-/m1/s1. The van der Waals surface area contributed by atoms with Gasteiger partial charge < -0.3 is 20.5 Å². The number of nitrogens with two attached hydrogens (primary N) is 1. The molecule has 0 saturated heterocycles. The highest BCUT2D eigenvalue weighted by Gasteiger charge is 2.19. The summed E-state index contributed by atoms with van der Waals surface area (Å²) in [5.41, 5.74) is 8.27. The van der Waals surface area contributed by atoms with E-state index in [0.29, 0.717) is 22.1 Å². The molecule has 0 fully saturated rings. The molecule has 0 spiro atoms. The van der Waals surface area contributed by atoms with Gasteiger partial charge in [-0.3, -0.25) is 9.59 Å². The monoisotopic (exact) mass is 387 g/mol. The largest absolute Gasteiger partial charge is 0.454 e. The fourth-order valence-electron chi connectivity index (χ4n) is 2.89. The predicted octanol–water partition coefficient (Wildman–Crippen LogP) is 2.50. The zero-order valence-corrected chi connectivity index (χ0v) is 16.2. The Balaban J connectivity index is 1.64. The number of nitrogens with one attached hydrogen (secondary N) is 1. The summed E-state index contributed by atoms with van der Waals surface area (Å²) in [6.45, 7) is 5.75. The molecule has 3 N–H and O–H groups in total. The zero-order valence-electron chi connectivity index (χ0n) is 15.4. The maximum atomic E-state index is 12.4. The average Bonchev–Trinajstić information content (AvgIpc) is 3.06. The molecule has 7 nitrogen and oxygen atoms in total. The van der Waals surface area contributed by atoms with Gasteiger partial charge in [0.05, 0.1) is 17.4 Å². The van der Waals surface area contributed by atoms with Crippen LogP contribution in [0.4, 0.5) is 0 Å². The van der Waals surface area contributed by atoms with Crippen molar-refractivity contribution < 1.29 is 19.1 Å². The molecule has 1 atom stereocenters. The Labute approximate surface area is 161 Å². The minimum Gasteiger partial charge on any atom is -0.454 e. The van der Waals surface area contributed by atoms with Gasteiger partial charge in [-0.05, 0) is 50.1 Å². The molecule has 0 radical (unpaired) electrons. The Kier molecular flexibility index (Phi) is 5.55. The van der Waals surface area contributed by atoms with Crippen molar-refractivity contribution in [3.05, 3.63) is 46.6 Å². The summed E-state index contributed by atoms with van der Waals surface area (Å²) in [7, 11) is 0. The summed E-state index contributed by atoms with van der Waals surface area (Å²) in [5.74, 6) is 0.796. The first-order chi connectivity index (χ1) is 12.8. The molecule has 0 aliphatic carbocycles. The number of amides is 2. The van der Waals surface area contributed by atoms with Gasteiger partial charge in [0.15, 0.2) is 11.5 Å². The topological polar surface area (TPSA) is 104 Å². The van der Waals surface area contributed by atoms with E-state index >= 15 is 0 Å². The second kappa shape index (κ2) is 7.87. The normalized spacial score (nSPS) is 13.3. The van der Waals surface area contributed by atoms with Crippen molar-refractivity contribution >= 4 is 23.6 Å². The van der Waals surface area contributed by atoms with E-state index in [4.69, 9.17) is 15.2 Å². The number of aryl methyl sites for hydroxylation is 2. The number of nitrogens with zero attached hydrogens (tertiary/aromatic N) is 1. The molecular formula is C19H21N3O4S. The molecule has 1 aromatic carbocycles. The lowest BCUT2D eigenvalue weighted by Gasteiger charge is -2.15. The van der Waals surface area contributed by atoms with Crippen molar-refractivity contribution in [3.8, 4) is 11.5 Å². The molecule has 1 aromatic heterocycles. The molecule has 8 heteroatoms. The fraction of sp³-hybridized carbons (Fsp3) is 0.316. The van der Waals surface area contributed by atoms with E-state index in [1.807, 2.05) is 32.0 Å². The first-order valence-electron chi connectivity index (χ1n) is 8.45. The molecule has 2 amide bonds. The van der Waals surface area contributed by atoms with Crippen molar-refractivity contribution in [1.29, 1.82) is 0 Å². The molecule has 0 unspecified atom stereocenters. The first-order valence-corrected chi connectivity index (χ1v) is 9.43. The van der Waals surface area contributed by atoms with Crippen LogP contribution in [0.15, 0.2) is 29.3 Å². The number of primary amides is 1. The summed E-state index contributed by atoms with van der Waals surface area (Å²) in [5, 5.41) is 3.41. The first kappa shape index (κ1) is 19.0. The van der Waals surface area contributed by atoms with Crippen molar-refractivity contribution in [3.63, 3.8) is 0 Å². The third-order valence-electron chi connectivity index (χ3n) is 4.17. The number of fused-ring (bicyclic) bond motifs is 1. The molecule has 1 aliphatic rings. The number of hydrogen-bond donors (Lipinski definition) is 2. The van der Waals surface area contributed by atoms with Gasteiger partial charge in [-0.25, -0.2) is 4.98 Å². The summed E-state index contributed by atoms with van der Waals surface area (Å²) < 4.78 is 10.7. The van der Waals surface area contributed by atoms with Crippen LogP contribution in [0.3, 0.4) is 0 Å². The second-order valence-corrected chi connectivity index (χ2v) is 7.28. The van der Waals surface area contributed by atoms with Crippen LogP contribution >= 0.6 is 11.8 Å². The van der Waals surface area contributed by atoms with E-state index in [0.717, 1.165) is 16.8 Å². The Morgan fingerprint density at radius 1 is 1.26 bits per heavy atom. The fourth-order valence-corrected chi connectivity index (χ4v) is 3.86. The van der Waals surface area contributed by atoms with Crippen LogP contribution in [0, 0.1) is 13.8 Å². The van der Waals surface area contributed by atoms with Gasteiger partial charge >= 0.3 is 0 Å². The zero-order chi connectivity index (χ0) is 19.6. The molecule has 27 heavy (non-hydrogen) atoms. The van der Waals surface area contributed by atoms with Crippen molar-refractivity contribution in [2.75, 3.05) is 12.5 Å². The number of pyridine rings is 1. The lowest BCUT2D eigenvalue weighted by molar-refractivity contribution is -0.119. The molecule has 1 aliphatic heterocycles. The van der Waals surface area contributed by atoms with E-state index in [2.05, 4.69) is 10.3 Å².